The molecule has 3 N–H and O–H groups in total. The Kier molecular flexibility index (Phi) is 4.32. The van der Waals surface area contributed by atoms with Gasteiger partial charge in [0.2, 0.25) is 0 Å². The predicted octanol–water partition coefficient (Wildman–Crippen LogP) is 1.96. The molecule has 82 valence electrons. The fourth-order valence-corrected chi connectivity index (χ4v) is 4.09. The molecule has 0 aliphatic heterocycles. The maximum atomic E-state index is 9.64. The maximum absolute atomic E-state index is 9.64. The minimum absolute atomic E-state index is 0.116. The summed E-state index contributed by atoms with van der Waals surface area (Å²) in [5.74, 6) is 0.505. The summed E-state index contributed by atoms with van der Waals surface area (Å²) >= 11 is 0. The van der Waals surface area contributed by atoms with Crippen molar-refractivity contribution in [1.29, 1.82) is 0 Å². The van der Waals surface area contributed by atoms with Crippen molar-refractivity contribution in [1.82, 2.24) is 0 Å². The van der Waals surface area contributed by atoms with Crippen LogP contribution in [-0.4, -0.2) is 27.0 Å². The predicted molar refractivity (Wildman–Crippen MR) is 57.6 cm³/mol. The van der Waals surface area contributed by atoms with Crippen LogP contribution < -0.4 is 0 Å². The summed E-state index contributed by atoms with van der Waals surface area (Å²) in [7, 11) is -4.29. The molecule has 0 saturated carbocycles. The van der Waals surface area contributed by atoms with Crippen LogP contribution in [0, 0.1) is 11.8 Å². The molecular formula is C9H23O3P. The molecule has 0 aromatic carbocycles. The molecule has 0 spiro atoms. The van der Waals surface area contributed by atoms with Crippen molar-refractivity contribution in [3.63, 3.8) is 0 Å². The Morgan fingerprint density at radius 2 is 1.38 bits per heavy atom. The van der Waals surface area contributed by atoms with Gasteiger partial charge in [-0.3, -0.25) is 0 Å². The van der Waals surface area contributed by atoms with Gasteiger partial charge in [0.25, 0.3) is 0 Å². The molecule has 0 radical (unpaired) electrons. The van der Waals surface area contributed by atoms with E-state index in [1.165, 1.54) is 0 Å². The number of rotatable bonds is 5. The number of hydrogen-bond donors (Lipinski definition) is 3. The quantitative estimate of drug-likeness (QED) is 0.608. The molecule has 0 rings (SSSR count). The Hall–Kier alpha value is 0.310. The van der Waals surface area contributed by atoms with Crippen molar-refractivity contribution < 1.29 is 14.7 Å². The monoisotopic (exact) mass is 210 g/mol. The summed E-state index contributed by atoms with van der Waals surface area (Å²) in [6.45, 7) is 7.75. The van der Waals surface area contributed by atoms with E-state index in [4.69, 9.17) is 0 Å². The van der Waals surface area contributed by atoms with Gasteiger partial charge in [0.15, 0.2) is 0 Å². The van der Waals surface area contributed by atoms with Crippen LogP contribution in [0.2, 0.25) is 0 Å². The van der Waals surface area contributed by atoms with Crippen LogP contribution in [-0.2, 0) is 0 Å². The zero-order chi connectivity index (χ0) is 10.7. The van der Waals surface area contributed by atoms with E-state index in [-0.39, 0.29) is 18.2 Å². The normalized spacial score (nSPS) is 16.2. The first-order valence-corrected chi connectivity index (χ1v) is 7.32. The van der Waals surface area contributed by atoms with E-state index in [9.17, 15) is 14.7 Å². The van der Waals surface area contributed by atoms with Crippen LogP contribution in [0.4, 0.5) is 0 Å². The molecule has 0 saturated heterocycles. The van der Waals surface area contributed by atoms with Crippen molar-refractivity contribution in [3.05, 3.63) is 0 Å². The summed E-state index contributed by atoms with van der Waals surface area (Å²) in [6.07, 6.45) is 0.924. The van der Waals surface area contributed by atoms with Gasteiger partial charge in [-0.1, -0.05) is 0 Å². The molecule has 0 atom stereocenters. The van der Waals surface area contributed by atoms with Crippen LogP contribution in [0.1, 0.15) is 34.1 Å². The summed E-state index contributed by atoms with van der Waals surface area (Å²) in [4.78, 5) is 28.9. The van der Waals surface area contributed by atoms with Gasteiger partial charge in [-0.15, -0.1) is 0 Å². The zero-order valence-electron chi connectivity index (χ0n) is 9.06. The van der Waals surface area contributed by atoms with Gasteiger partial charge in [0, 0.05) is 0 Å². The standard InChI is InChI=1S/C9H23O3P/c1-8(2)5-6-13(10,11,12)7-9(3)4/h8-12H,5-7H2,1-4H3. The van der Waals surface area contributed by atoms with Gasteiger partial charge in [0.05, 0.1) is 0 Å². The molecular weight excluding hydrogens is 187 g/mol. The molecule has 0 fully saturated rings. The second-order valence-electron chi connectivity index (χ2n) is 4.82. The summed E-state index contributed by atoms with van der Waals surface area (Å²) < 4.78 is 0. The first kappa shape index (κ1) is 13.3. The summed E-state index contributed by atoms with van der Waals surface area (Å²) in [5, 5.41) is 0. The van der Waals surface area contributed by atoms with Crippen molar-refractivity contribution in [2.24, 2.45) is 11.8 Å². The first-order chi connectivity index (χ1) is 5.60. The average molecular weight is 210 g/mol. The van der Waals surface area contributed by atoms with E-state index in [0.29, 0.717) is 12.3 Å². The van der Waals surface area contributed by atoms with E-state index in [2.05, 4.69) is 0 Å². The van der Waals surface area contributed by atoms with E-state index in [0.717, 1.165) is 0 Å². The van der Waals surface area contributed by atoms with Crippen LogP contribution in [0.15, 0.2) is 0 Å². The zero-order valence-corrected chi connectivity index (χ0v) is 9.96. The third-order valence-corrected chi connectivity index (χ3v) is 4.56. The topological polar surface area (TPSA) is 60.7 Å². The third-order valence-electron chi connectivity index (χ3n) is 1.90. The molecule has 0 aromatic rings. The van der Waals surface area contributed by atoms with E-state index >= 15 is 0 Å². The molecule has 4 heteroatoms. The molecule has 0 heterocycles. The molecule has 13 heavy (non-hydrogen) atoms. The van der Waals surface area contributed by atoms with Gasteiger partial charge >= 0.3 is 80.2 Å². The minimum atomic E-state index is -4.29. The Balaban J connectivity index is 4.15. The van der Waals surface area contributed by atoms with Gasteiger partial charge in [-0.25, -0.2) is 0 Å². The number of hydrogen-bond acceptors (Lipinski definition) is 3. The van der Waals surface area contributed by atoms with Gasteiger partial charge in [-0.2, -0.15) is 0 Å². The van der Waals surface area contributed by atoms with Gasteiger partial charge in [-0.05, 0) is 0 Å². The van der Waals surface area contributed by atoms with E-state index < -0.39 is 7.28 Å². The SMILES string of the molecule is CC(C)CCP(O)(O)(O)CC(C)C. The van der Waals surface area contributed by atoms with Crippen LogP contribution in [0.25, 0.3) is 0 Å². The van der Waals surface area contributed by atoms with Gasteiger partial charge in [0.1, 0.15) is 0 Å². The molecule has 0 aliphatic carbocycles. The molecule has 0 amide bonds. The van der Waals surface area contributed by atoms with Crippen molar-refractivity contribution in [3.8, 4) is 0 Å². The van der Waals surface area contributed by atoms with E-state index in [1.54, 1.807) is 0 Å². The second kappa shape index (κ2) is 4.22. The van der Waals surface area contributed by atoms with Crippen LogP contribution in [0.5, 0.6) is 0 Å². The fourth-order valence-electron chi connectivity index (χ4n) is 1.36. The molecule has 0 bridgehead atoms. The molecule has 0 aromatic heterocycles. The Morgan fingerprint density at radius 3 is 1.69 bits per heavy atom. The van der Waals surface area contributed by atoms with Crippen molar-refractivity contribution >= 4 is 7.28 Å². The molecule has 3 nitrogen and oxygen atoms in total. The Labute approximate surface area is 81.0 Å². The summed E-state index contributed by atoms with van der Waals surface area (Å²) in [5.41, 5.74) is 0. The average Bonchev–Trinajstić information content (AvgIpc) is 1.79. The first-order valence-electron chi connectivity index (χ1n) is 4.86. The Morgan fingerprint density at radius 1 is 0.923 bits per heavy atom. The van der Waals surface area contributed by atoms with E-state index in [1.807, 2.05) is 27.7 Å². The fraction of sp³-hybridized carbons (Fsp3) is 1.00. The summed E-state index contributed by atoms with van der Waals surface area (Å²) in [6, 6.07) is 0. The molecule has 0 unspecified atom stereocenters. The van der Waals surface area contributed by atoms with Crippen molar-refractivity contribution in [2.75, 3.05) is 12.3 Å². The van der Waals surface area contributed by atoms with Crippen molar-refractivity contribution in [2.45, 2.75) is 34.1 Å². The van der Waals surface area contributed by atoms with Crippen LogP contribution in [0.3, 0.4) is 0 Å². The molecule has 0 aliphatic rings. The third kappa shape index (κ3) is 7.39. The Bertz CT molecular complexity index is 158. The van der Waals surface area contributed by atoms with Gasteiger partial charge < -0.3 is 0 Å². The second-order valence-corrected chi connectivity index (χ2v) is 8.32. The van der Waals surface area contributed by atoms with Crippen LogP contribution >= 0.6 is 7.28 Å².